The van der Waals surface area contributed by atoms with Crippen LogP contribution in [0, 0.1) is 0 Å². The van der Waals surface area contributed by atoms with Crippen LogP contribution in [0.2, 0.25) is 0 Å². The van der Waals surface area contributed by atoms with Crippen molar-refractivity contribution in [1.82, 2.24) is 14.5 Å². The first kappa shape index (κ1) is 21.9. The van der Waals surface area contributed by atoms with Crippen LogP contribution in [0.25, 0.3) is 11.0 Å². The Hall–Kier alpha value is -2.42. The topological polar surface area (TPSA) is 93.9 Å². The number of fused-ring (bicyclic) bond motifs is 1. The summed E-state index contributed by atoms with van der Waals surface area (Å²) in [6.45, 7) is 4.77. The third-order valence-corrected chi connectivity index (χ3v) is 5.45. The average molecular weight is 409 g/mol. The zero-order valence-corrected chi connectivity index (χ0v) is 17.9. The SMILES string of the molecule is CCCCn1c(CCC)nc2cc(C(=O)OC)cc(S(=O)(=O)N=CN(C)C)c21. The van der Waals surface area contributed by atoms with Crippen LogP contribution in [0.4, 0.5) is 0 Å². The molecule has 0 spiro atoms. The highest BCUT2D eigenvalue weighted by atomic mass is 32.2. The first-order chi connectivity index (χ1) is 13.2. The number of hydrogen-bond acceptors (Lipinski definition) is 5. The number of aromatic nitrogens is 2. The van der Waals surface area contributed by atoms with E-state index in [1.54, 1.807) is 20.2 Å². The molecule has 0 aliphatic carbocycles. The van der Waals surface area contributed by atoms with Crippen molar-refractivity contribution in [3.8, 4) is 0 Å². The van der Waals surface area contributed by atoms with Crippen LogP contribution < -0.4 is 0 Å². The van der Waals surface area contributed by atoms with Crippen molar-refractivity contribution < 1.29 is 17.9 Å². The standard InChI is InChI=1S/C19H28N4O4S/c1-6-8-10-23-17(9-7-2)21-15-11-14(19(24)27-5)12-16(18(15)23)28(25,26)20-13-22(3)4/h11-13H,6-10H2,1-5H3. The second kappa shape index (κ2) is 9.18. The summed E-state index contributed by atoms with van der Waals surface area (Å²) in [7, 11) is 0.591. The Labute approximate surface area is 166 Å². The lowest BCUT2D eigenvalue weighted by atomic mass is 10.2. The van der Waals surface area contributed by atoms with E-state index >= 15 is 0 Å². The monoisotopic (exact) mass is 408 g/mol. The molecule has 0 unspecified atom stereocenters. The number of nitrogens with zero attached hydrogens (tertiary/aromatic N) is 4. The Kier molecular flexibility index (Phi) is 7.17. The van der Waals surface area contributed by atoms with Gasteiger partial charge in [-0.1, -0.05) is 20.3 Å². The van der Waals surface area contributed by atoms with Gasteiger partial charge in [0.1, 0.15) is 17.1 Å². The van der Waals surface area contributed by atoms with Crippen LogP contribution in [0.3, 0.4) is 0 Å². The van der Waals surface area contributed by atoms with E-state index in [9.17, 15) is 13.2 Å². The lowest BCUT2D eigenvalue weighted by molar-refractivity contribution is 0.0600. The van der Waals surface area contributed by atoms with E-state index in [-0.39, 0.29) is 10.5 Å². The van der Waals surface area contributed by atoms with Crippen LogP contribution in [-0.4, -0.2) is 56.4 Å². The zero-order chi connectivity index (χ0) is 20.9. The number of ether oxygens (including phenoxy) is 1. The highest BCUT2D eigenvalue weighted by molar-refractivity contribution is 7.90. The third kappa shape index (κ3) is 4.70. The van der Waals surface area contributed by atoms with Crippen LogP contribution >= 0.6 is 0 Å². The molecule has 0 atom stereocenters. The maximum atomic E-state index is 13.0. The normalized spacial score (nSPS) is 12.0. The molecule has 0 N–H and O–H groups in total. The second-order valence-electron chi connectivity index (χ2n) is 6.78. The smallest absolute Gasteiger partial charge is 0.337 e. The van der Waals surface area contributed by atoms with Gasteiger partial charge in [0.15, 0.2) is 0 Å². The summed E-state index contributed by atoms with van der Waals surface area (Å²) in [6, 6.07) is 2.91. The van der Waals surface area contributed by atoms with Gasteiger partial charge in [-0.3, -0.25) is 0 Å². The lowest BCUT2D eigenvalue weighted by Crippen LogP contribution is -2.12. The Morgan fingerprint density at radius 3 is 2.57 bits per heavy atom. The van der Waals surface area contributed by atoms with Gasteiger partial charge in [0.2, 0.25) is 0 Å². The van der Waals surface area contributed by atoms with Crippen molar-refractivity contribution in [3.05, 3.63) is 23.5 Å². The van der Waals surface area contributed by atoms with Crippen LogP contribution in [0.5, 0.6) is 0 Å². The predicted octanol–water partition coefficient (Wildman–Crippen LogP) is 2.85. The molecule has 0 aliphatic heterocycles. The fraction of sp³-hybridized carbons (Fsp3) is 0.526. The van der Waals surface area contributed by atoms with Gasteiger partial charge in [-0.05, 0) is 25.0 Å². The number of aryl methyl sites for hydroxylation is 2. The van der Waals surface area contributed by atoms with Crippen molar-refractivity contribution in [2.24, 2.45) is 4.40 Å². The molecule has 0 radical (unpaired) electrons. The number of esters is 1. The number of carbonyl (C=O) groups excluding carboxylic acids is 1. The predicted molar refractivity (Wildman–Crippen MR) is 109 cm³/mol. The van der Waals surface area contributed by atoms with Gasteiger partial charge >= 0.3 is 5.97 Å². The van der Waals surface area contributed by atoms with E-state index in [2.05, 4.69) is 16.3 Å². The van der Waals surface area contributed by atoms with Crippen molar-refractivity contribution in [2.75, 3.05) is 21.2 Å². The summed E-state index contributed by atoms with van der Waals surface area (Å²) in [5.74, 6) is 0.191. The van der Waals surface area contributed by atoms with Crippen LogP contribution in [-0.2, 0) is 27.7 Å². The number of sulfonamides is 1. The van der Waals surface area contributed by atoms with Gasteiger partial charge in [-0.2, -0.15) is 8.42 Å². The summed E-state index contributed by atoms with van der Waals surface area (Å²) in [5, 5.41) is 0. The number of benzene rings is 1. The molecule has 0 saturated heterocycles. The molecule has 0 bridgehead atoms. The van der Waals surface area contributed by atoms with Gasteiger partial charge in [-0.15, -0.1) is 4.40 Å². The molecular formula is C19H28N4O4S. The molecule has 2 aromatic rings. The van der Waals surface area contributed by atoms with E-state index in [1.165, 1.54) is 24.4 Å². The molecule has 1 aromatic heterocycles. The number of methoxy groups -OCH3 is 1. The Morgan fingerprint density at radius 2 is 2.00 bits per heavy atom. The van der Waals surface area contributed by atoms with Crippen molar-refractivity contribution in [2.45, 2.75) is 51.0 Å². The summed E-state index contributed by atoms with van der Waals surface area (Å²) in [6.07, 6.45) is 4.67. The van der Waals surface area contributed by atoms with Gasteiger partial charge in [0.25, 0.3) is 10.0 Å². The van der Waals surface area contributed by atoms with Crippen LogP contribution in [0.15, 0.2) is 21.4 Å². The Balaban J connectivity index is 2.84. The quantitative estimate of drug-likeness (QED) is 0.360. The molecule has 2 rings (SSSR count). The maximum absolute atomic E-state index is 13.0. The minimum Gasteiger partial charge on any atom is -0.465 e. The molecule has 0 amide bonds. The number of unbranched alkanes of at least 4 members (excludes halogenated alkanes) is 1. The average Bonchev–Trinajstić information content (AvgIpc) is 3.00. The first-order valence-corrected chi connectivity index (χ1v) is 10.8. The van der Waals surface area contributed by atoms with E-state index in [4.69, 9.17) is 4.74 Å². The highest BCUT2D eigenvalue weighted by Gasteiger charge is 2.25. The minimum atomic E-state index is -4.04. The molecule has 8 nitrogen and oxygen atoms in total. The lowest BCUT2D eigenvalue weighted by Gasteiger charge is -2.11. The second-order valence-corrected chi connectivity index (χ2v) is 8.38. The van der Waals surface area contributed by atoms with Crippen molar-refractivity contribution in [1.29, 1.82) is 0 Å². The van der Waals surface area contributed by atoms with Gasteiger partial charge in [0, 0.05) is 27.1 Å². The summed E-state index contributed by atoms with van der Waals surface area (Å²) < 4.78 is 36.5. The number of rotatable bonds is 9. The van der Waals surface area contributed by atoms with Crippen molar-refractivity contribution >= 4 is 33.4 Å². The molecule has 28 heavy (non-hydrogen) atoms. The number of carbonyl (C=O) groups is 1. The molecule has 0 saturated carbocycles. The van der Waals surface area contributed by atoms with E-state index < -0.39 is 16.0 Å². The molecule has 9 heteroatoms. The minimum absolute atomic E-state index is 0.0329. The highest BCUT2D eigenvalue weighted by Crippen LogP contribution is 2.29. The van der Waals surface area contributed by atoms with Gasteiger partial charge < -0.3 is 14.2 Å². The zero-order valence-electron chi connectivity index (χ0n) is 17.1. The van der Waals surface area contributed by atoms with Crippen LogP contribution in [0.1, 0.15) is 49.3 Å². The molecular weight excluding hydrogens is 380 g/mol. The molecule has 0 aliphatic rings. The Bertz CT molecular complexity index is 977. The third-order valence-electron chi connectivity index (χ3n) is 4.21. The van der Waals surface area contributed by atoms with Gasteiger partial charge in [0.05, 0.1) is 23.7 Å². The van der Waals surface area contributed by atoms with E-state index in [1.807, 2.05) is 11.5 Å². The van der Waals surface area contributed by atoms with Gasteiger partial charge in [-0.25, -0.2) is 9.78 Å². The molecule has 0 fully saturated rings. The van der Waals surface area contributed by atoms with E-state index in [0.29, 0.717) is 24.0 Å². The summed E-state index contributed by atoms with van der Waals surface area (Å²) in [5.41, 5.74) is 1.08. The van der Waals surface area contributed by atoms with Crippen molar-refractivity contribution in [3.63, 3.8) is 0 Å². The fourth-order valence-electron chi connectivity index (χ4n) is 2.90. The largest absolute Gasteiger partial charge is 0.465 e. The summed E-state index contributed by atoms with van der Waals surface area (Å²) in [4.78, 5) is 18.2. The van der Waals surface area contributed by atoms with E-state index in [0.717, 1.165) is 25.1 Å². The molecule has 154 valence electrons. The molecule has 1 heterocycles. The number of hydrogen-bond donors (Lipinski definition) is 0. The summed E-state index contributed by atoms with van der Waals surface area (Å²) >= 11 is 0. The Morgan fingerprint density at radius 1 is 1.29 bits per heavy atom. The number of imidazole rings is 1. The fourth-order valence-corrected chi connectivity index (χ4v) is 4.06. The molecule has 1 aromatic carbocycles. The maximum Gasteiger partial charge on any atom is 0.337 e. The first-order valence-electron chi connectivity index (χ1n) is 9.33.